The molecule has 20 heteroatoms. The van der Waals surface area contributed by atoms with Crippen molar-refractivity contribution in [3.8, 4) is 0 Å². The Bertz CT molecular complexity index is 510. The zero-order valence-corrected chi connectivity index (χ0v) is 14.3. The van der Waals surface area contributed by atoms with Crippen molar-refractivity contribution in [2.75, 3.05) is 0 Å². The molecular weight excluding hydrogens is 639 g/mol. The van der Waals surface area contributed by atoms with E-state index in [1.807, 2.05) is 0 Å². The van der Waals surface area contributed by atoms with Gasteiger partial charge in [0.2, 0.25) is 0 Å². The summed E-state index contributed by atoms with van der Waals surface area (Å²) >= 11 is -25.3. The first-order valence-electron chi connectivity index (χ1n) is 4.17. The van der Waals surface area contributed by atoms with Crippen LogP contribution in [0.2, 0.25) is 0 Å². The Hall–Kier alpha value is 0.119. The third kappa shape index (κ3) is 9.56. The van der Waals surface area contributed by atoms with Gasteiger partial charge in [0.25, 0.3) is 0 Å². The van der Waals surface area contributed by atoms with E-state index in [1.165, 1.54) is 0 Å². The molecule has 152 valence electrons. The van der Waals surface area contributed by atoms with Crippen LogP contribution in [-0.4, -0.2) is 49.6 Å². The van der Waals surface area contributed by atoms with Crippen LogP contribution in [0.3, 0.4) is 0 Å². The summed E-state index contributed by atoms with van der Waals surface area (Å²) < 4.78 is 191. The number of hydrogen-bond acceptors (Lipinski definition) is 2. The second-order valence-corrected chi connectivity index (χ2v) is 14.8. The Labute approximate surface area is 123 Å². The molecule has 0 aromatic rings. The van der Waals surface area contributed by atoms with Gasteiger partial charge in [-0.05, 0) is 0 Å². The summed E-state index contributed by atoms with van der Waals surface area (Å²) in [4.78, 5) is 0. The van der Waals surface area contributed by atoms with Gasteiger partial charge in [0.15, 0.2) is 0 Å². The zero-order chi connectivity index (χ0) is 20.4. The third-order valence-corrected chi connectivity index (χ3v) is 4.22. The Morgan fingerprint density at radius 1 is 0.500 bits per heavy atom. The number of alkyl halides is 4. The fraction of sp³-hybridized carbons (Fsp3) is 0.500. The normalized spacial score (nSPS) is 22.0. The first-order chi connectivity index (χ1) is 9.43. The molecule has 0 saturated heterocycles. The molecule has 2 nitrogen and oxygen atoms in total. The van der Waals surface area contributed by atoms with Gasteiger partial charge in [0, 0.05) is 0 Å². The van der Waals surface area contributed by atoms with Gasteiger partial charge >= 0.3 is 123 Å². The van der Waals surface area contributed by atoms with E-state index in [4.69, 9.17) is 0 Å². The topological polar surface area (TPSA) is 18.5 Å². The van der Waals surface area contributed by atoms with Gasteiger partial charge in [0.1, 0.15) is 0 Å². The van der Waals surface area contributed by atoms with Crippen molar-refractivity contribution in [3.63, 3.8) is 0 Å². The monoisotopic (exact) mass is 644 g/mol. The standard InChI is InChI=1S/C4F16O2Te2/c5-1(3(7,8)21-23(11,12,13,14)15)2(6)4(9,10)22-24(16,17,18,19)20/b2-1+. The van der Waals surface area contributed by atoms with Gasteiger partial charge in [-0.25, -0.2) is 0 Å². The molecule has 0 aromatic heterocycles. The predicted octanol–water partition coefficient (Wildman–Crippen LogP) is 5.72. The Kier molecular flexibility index (Phi) is 4.53. The fourth-order valence-corrected chi connectivity index (χ4v) is 3.40. The molecule has 0 N–H and O–H groups in total. The van der Waals surface area contributed by atoms with Crippen molar-refractivity contribution in [2.45, 2.75) is 12.2 Å². The zero-order valence-electron chi connectivity index (χ0n) is 9.68. The molecule has 0 amide bonds. The summed E-state index contributed by atoms with van der Waals surface area (Å²) in [5, 5.41) is 0. The molecule has 0 rings (SSSR count). The molecule has 0 atom stereocenters. The maximum atomic E-state index is 12.4. The molecule has 0 radical (unpaired) electrons. The first-order valence-corrected chi connectivity index (χ1v) is 14.9. The van der Waals surface area contributed by atoms with Crippen LogP contribution in [0.25, 0.3) is 0 Å². The molecule has 0 heterocycles. The summed E-state index contributed by atoms with van der Waals surface area (Å²) in [6.07, 6.45) is -14.6. The second kappa shape index (κ2) is 4.50. The molecule has 0 spiro atoms. The Morgan fingerprint density at radius 2 is 0.667 bits per heavy atom. The molecule has 0 aliphatic heterocycles. The molecule has 0 aromatic carbocycles. The van der Waals surface area contributed by atoms with Gasteiger partial charge in [-0.1, -0.05) is 0 Å². The van der Waals surface area contributed by atoms with Crippen LogP contribution in [0, 0.1) is 0 Å². The minimum absolute atomic E-state index is 0.766. The Balaban J connectivity index is 6.03. The SMILES string of the molecule is F/C(=C(/F)C(F)(F)O[Te](F)(F)(F)(F)F)C(F)(F)O[Te](F)(F)(F)(F)F. The summed E-state index contributed by atoms with van der Waals surface area (Å²) in [6.45, 7) is 0. The maximum absolute atomic E-state index is 12.7. The molecule has 0 aliphatic carbocycles. The van der Waals surface area contributed by atoms with Crippen LogP contribution in [0.5, 0.6) is 0 Å². The van der Waals surface area contributed by atoms with E-state index in [9.17, 15) is 55.3 Å². The van der Waals surface area contributed by atoms with Crippen molar-refractivity contribution in [2.24, 2.45) is 0 Å². The van der Waals surface area contributed by atoms with Crippen LogP contribution in [0.15, 0.2) is 11.7 Å². The van der Waals surface area contributed by atoms with Crippen LogP contribution in [0.4, 0.5) is 55.3 Å². The van der Waals surface area contributed by atoms with Gasteiger partial charge < -0.3 is 0 Å². The van der Waals surface area contributed by atoms with Gasteiger partial charge in [0.05, 0.1) is 0 Å². The van der Waals surface area contributed by atoms with E-state index in [0.717, 1.165) is 6.20 Å². The van der Waals surface area contributed by atoms with Gasteiger partial charge in [-0.15, -0.1) is 0 Å². The molecule has 0 aliphatic rings. The van der Waals surface area contributed by atoms with Crippen molar-refractivity contribution in [3.05, 3.63) is 11.7 Å². The van der Waals surface area contributed by atoms with Crippen molar-refractivity contribution < 1.29 is 61.5 Å². The molecule has 24 heavy (non-hydrogen) atoms. The Morgan fingerprint density at radius 3 is 0.792 bits per heavy atom. The van der Waals surface area contributed by atoms with Crippen LogP contribution in [0.1, 0.15) is 0 Å². The third-order valence-electron chi connectivity index (χ3n) is 1.23. The number of hydrogen-bond donors (Lipinski definition) is 0. The minimum atomic E-state index is -12.7. The van der Waals surface area contributed by atoms with Crippen LogP contribution in [-0.2, 0) is 6.20 Å². The molecule has 0 unspecified atom stereocenters. The van der Waals surface area contributed by atoms with Crippen molar-refractivity contribution >= 4 is 37.4 Å². The van der Waals surface area contributed by atoms with E-state index in [1.54, 1.807) is 0 Å². The van der Waals surface area contributed by atoms with E-state index in [0.29, 0.717) is 0 Å². The van der Waals surface area contributed by atoms with Crippen LogP contribution >= 0.6 is 0 Å². The average molecular weight is 639 g/mol. The molecule has 0 saturated carbocycles. The fourth-order valence-electron chi connectivity index (χ4n) is 0.724. The van der Waals surface area contributed by atoms with Gasteiger partial charge in [-0.2, -0.15) is 0 Å². The van der Waals surface area contributed by atoms with E-state index < -0.39 is 61.2 Å². The number of halogens is 16. The van der Waals surface area contributed by atoms with Crippen LogP contribution < -0.4 is 0 Å². The quantitative estimate of drug-likeness (QED) is 0.274. The van der Waals surface area contributed by atoms with E-state index in [2.05, 4.69) is 0 Å². The second-order valence-electron chi connectivity index (χ2n) is 3.62. The van der Waals surface area contributed by atoms with E-state index in [-0.39, 0.29) is 0 Å². The summed E-state index contributed by atoms with van der Waals surface area (Å²) in [7, 11) is 0. The average Bonchev–Trinajstić information content (AvgIpc) is 2.01. The molecular formula is C4F16O2Te2. The van der Waals surface area contributed by atoms with E-state index >= 15 is 0 Å². The predicted molar refractivity (Wildman–Crippen MR) is 43.9 cm³/mol. The number of rotatable bonds is 6. The van der Waals surface area contributed by atoms with Crippen molar-refractivity contribution in [1.29, 1.82) is 0 Å². The van der Waals surface area contributed by atoms with Crippen molar-refractivity contribution in [1.82, 2.24) is 0 Å². The van der Waals surface area contributed by atoms with Gasteiger partial charge in [-0.3, -0.25) is 0 Å². The summed E-state index contributed by atoms with van der Waals surface area (Å²) in [6, 6.07) is 0. The molecule has 0 fully saturated rings. The first kappa shape index (κ1) is 24.1. The summed E-state index contributed by atoms with van der Waals surface area (Å²) in [5.41, 5.74) is 0. The molecule has 0 bridgehead atoms. The summed E-state index contributed by atoms with van der Waals surface area (Å²) in [5.74, 6) is -9.99.